The molecule has 0 atom stereocenters. The summed E-state index contributed by atoms with van der Waals surface area (Å²) in [6.45, 7) is 0. The predicted molar refractivity (Wildman–Crippen MR) is 16.7 cm³/mol. The van der Waals surface area contributed by atoms with Gasteiger partial charge in [-0.1, -0.05) is 0 Å². The Bertz CT molecular complexity index is 10.0. The van der Waals surface area contributed by atoms with E-state index in [2.05, 4.69) is 3.46 Å². The monoisotopic (exact) mass is 126 g/mol. The van der Waals surface area contributed by atoms with Crippen molar-refractivity contribution in [1.29, 1.82) is 0 Å². The van der Waals surface area contributed by atoms with Gasteiger partial charge in [-0.15, -0.1) is 0 Å². The van der Waals surface area contributed by atoms with E-state index >= 15 is 0 Å². The van der Waals surface area contributed by atoms with Gasteiger partial charge >= 0.3 is 40.2 Å². The summed E-state index contributed by atoms with van der Waals surface area (Å²) in [4.78, 5) is 0. The van der Waals surface area contributed by atoms with Crippen molar-refractivity contribution in [1.82, 2.24) is 3.46 Å². The van der Waals surface area contributed by atoms with Crippen LogP contribution in [0, 0.1) is 0 Å². The average molecular weight is 128 g/mol. The molecule has 0 amide bonds. The van der Waals surface area contributed by atoms with Crippen molar-refractivity contribution in [3.63, 3.8) is 0 Å². The van der Waals surface area contributed by atoms with Crippen molar-refractivity contribution in [2.45, 2.75) is 0 Å². The summed E-state index contributed by atoms with van der Waals surface area (Å²) in [5, 5.41) is 0. The molecule has 0 aromatic rings. The molecule has 0 rings (SSSR count). The quantitative estimate of drug-likeness (QED) is 0.402. The van der Waals surface area contributed by atoms with Gasteiger partial charge in [0.05, 0.1) is 0 Å². The SMILES string of the molecule is CS[NH][Zn]. The minimum absolute atomic E-state index is 1.18. The van der Waals surface area contributed by atoms with E-state index < -0.39 is 0 Å². The van der Waals surface area contributed by atoms with E-state index in [4.69, 9.17) is 0 Å². The Kier molecular flexibility index (Phi) is 4.85. The summed E-state index contributed by atoms with van der Waals surface area (Å²) in [5.74, 6) is 0. The van der Waals surface area contributed by atoms with Gasteiger partial charge in [-0.2, -0.15) is 0 Å². The zero-order valence-electron chi connectivity index (χ0n) is 2.62. The molecule has 0 unspecified atom stereocenters. The summed E-state index contributed by atoms with van der Waals surface area (Å²) in [5.41, 5.74) is 0. The normalized spacial score (nSPS) is 7.75. The van der Waals surface area contributed by atoms with Gasteiger partial charge < -0.3 is 0 Å². The molecule has 0 aliphatic carbocycles. The van der Waals surface area contributed by atoms with Crippen LogP contribution in [0.2, 0.25) is 0 Å². The Balaban J connectivity index is 1.97. The van der Waals surface area contributed by atoms with E-state index in [0.717, 1.165) is 0 Å². The summed E-state index contributed by atoms with van der Waals surface area (Å²) < 4.78 is 2.97. The molecule has 0 fully saturated rings. The van der Waals surface area contributed by atoms with Crippen LogP contribution < -0.4 is 3.46 Å². The summed E-state index contributed by atoms with van der Waals surface area (Å²) in [6.07, 6.45) is 2.02. The number of rotatable bonds is 1. The molecule has 0 bridgehead atoms. The molecule has 0 aliphatic heterocycles. The Morgan fingerprint density at radius 3 is 2.25 bits per heavy atom. The van der Waals surface area contributed by atoms with Gasteiger partial charge in [-0.25, -0.2) is 0 Å². The first-order chi connectivity index (χ1) is 1.91. The van der Waals surface area contributed by atoms with Gasteiger partial charge in [0.1, 0.15) is 0 Å². The maximum absolute atomic E-state index is 2.97. The fourth-order valence-electron chi connectivity index (χ4n) is 0. The van der Waals surface area contributed by atoms with Crippen LogP contribution in [0.15, 0.2) is 0 Å². The second-order valence-corrected chi connectivity index (χ2v) is 2.86. The molecule has 0 saturated heterocycles. The molecule has 0 radical (unpaired) electrons. The summed E-state index contributed by atoms with van der Waals surface area (Å²) in [7, 11) is 0. The third-order valence-electron chi connectivity index (χ3n) is 0.144. The first-order valence-electron chi connectivity index (χ1n) is 0.966. The Morgan fingerprint density at radius 1 is 2.00 bits per heavy atom. The van der Waals surface area contributed by atoms with E-state index in [9.17, 15) is 0 Å². The Morgan fingerprint density at radius 2 is 2.25 bits per heavy atom. The van der Waals surface area contributed by atoms with E-state index in [1.54, 1.807) is 11.9 Å². The molecule has 4 heavy (non-hydrogen) atoms. The summed E-state index contributed by atoms with van der Waals surface area (Å²) >= 11 is 2.84. The van der Waals surface area contributed by atoms with Crippen LogP contribution >= 0.6 is 11.9 Å². The summed E-state index contributed by atoms with van der Waals surface area (Å²) in [6, 6.07) is 0. The van der Waals surface area contributed by atoms with Gasteiger partial charge in [0.25, 0.3) is 0 Å². The molecule has 0 saturated carbocycles. The van der Waals surface area contributed by atoms with Crippen LogP contribution in [0.25, 0.3) is 0 Å². The zero-order chi connectivity index (χ0) is 3.41. The molecule has 0 heterocycles. The van der Waals surface area contributed by atoms with Crippen LogP contribution in [0.3, 0.4) is 0 Å². The van der Waals surface area contributed by atoms with Crippen LogP contribution in [0.5, 0.6) is 0 Å². The van der Waals surface area contributed by atoms with Gasteiger partial charge in [0, 0.05) is 0 Å². The topological polar surface area (TPSA) is 12.0 Å². The molecular formula is CH4NSZn. The molecule has 21 valence electrons. The van der Waals surface area contributed by atoms with Gasteiger partial charge in [-0.05, 0) is 0 Å². The van der Waals surface area contributed by atoms with Crippen molar-refractivity contribution >= 4 is 11.9 Å². The van der Waals surface area contributed by atoms with Gasteiger partial charge in [0.15, 0.2) is 0 Å². The van der Waals surface area contributed by atoms with Crippen LogP contribution in [-0.4, -0.2) is 6.26 Å². The standard InChI is InChI=1S/CH4NS.Zn/c1-3-2;/h2H,1H3;/q-1;+1. The van der Waals surface area contributed by atoms with Crippen LogP contribution in [0.1, 0.15) is 0 Å². The fourth-order valence-corrected chi connectivity index (χ4v) is 0. The maximum atomic E-state index is 2.97. The minimum atomic E-state index is 1.18. The van der Waals surface area contributed by atoms with Gasteiger partial charge in [-0.3, -0.25) is 0 Å². The molecule has 1 N–H and O–H groups in total. The van der Waals surface area contributed by atoms with Crippen molar-refractivity contribution in [2.24, 2.45) is 0 Å². The molecule has 0 aromatic carbocycles. The fraction of sp³-hybridized carbons (Fsp3) is 1.00. The number of hydrogen-bond donors (Lipinski definition) is 1. The average Bonchev–Trinajstić information content (AvgIpc) is 1.37. The molecule has 0 aromatic heterocycles. The van der Waals surface area contributed by atoms with E-state index in [-0.39, 0.29) is 0 Å². The molecular weight excluding hydrogens is 123 g/mol. The molecule has 0 aliphatic rings. The van der Waals surface area contributed by atoms with E-state index in [0.29, 0.717) is 0 Å². The second kappa shape index (κ2) is 3.93. The van der Waals surface area contributed by atoms with Gasteiger partial charge in [0.2, 0.25) is 0 Å². The molecule has 0 spiro atoms. The third-order valence-corrected chi connectivity index (χ3v) is 2.25. The number of nitrogens with one attached hydrogen (secondary N) is 1. The second-order valence-electron chi connectivity index (χ2n) is 0.348. The first kappa shape index (κ1) is 4.93. The van der Waals surface area contributed by atoms with Crippen LogP contribution in [-0.2, 0) is 18.5 Å². The molecule has 3 heteroatoms. The van der Waals surface area contributed by atoms with E-state index in [1.165, 1.54) is 18.5 Å². The Hall–Kier alpha value is 0.933. The molecule has 1 nitrogen and oxygen atoms in total. The zero-order valence-corrected chi connectivity index (χ0v) is 6.40. The van der Waals surface area contributed by atoms with Crippen molar-refractivity contribution < 1.29 is 18.5 Å². The van der Waals surface area contributed by atoms with Crippen molar-refractivity contribution in [2.75, 3.05) is 6.26 Å². The third kappa shape index (κ3) is 2.93. The predicted octanol–water partition coefficient (Wildman–Crippen LogP) is 0.316. The van der Waals surface area contributed by atoms with Crippen molar-refractivity contribution in [3.8, 4) is 0 Å². The van der Waals surface area contributed by atoms with E-state index in [1.807, 2.05) is 6.26 Å². The Labute approximate surface area is 40.6 Å². The first-order valence-corrected chi connectivity index (χ1v) is 3.67. The van der Waals surface area contributed by atoms with Crippen LogP contribution in [0.4, 0.5) is 0 Å². The van der Waals surface area contributed by atoms with Crippen molar-refractivity contribution in [3.05, 3.63) is 0 Å². The number of hydrogen-bond acceptors (Lipinski definition) is 2.